The summed E-state index contributed by atoms with van der Waals surface area (Å²) in [4.78, 5) is 29.7. The van der Waals surface area contributed by atoms with Gasteiger partial charge in [0.05, 0.1) is 19.7 Å². The second-order valence-electron chi connectivity index (χ2n) is 7.58. The monoisotopic (exact) mass is 717 g/mol. The van der Waals surface area contributed by atoms with Crippen LogP contribution in [-0.4, -0.2) is 23.2 Å². The molecular weight excluding hydrogens is 702 g/mol. The average Bonchev–Trinajstić information content (AvgIpc) is 2.78. The topological polar surface area (TPSA) is 164 Å². The number of nitrogens with zero attached hydrogens (tertiary/aromatic N) is 3. The molecule has 0 amide bonds. The van der Waals surface area contributed by atoms with E-state index in [4.69, 9.17) is 10.7 Å². The van der Waals surface area contributed by atoms with E-state index >= 15 is 0 Å². The van der Waals surface area contributed by atoms with Crippen molar-refractivity contribution < 1.29 is 53.4 Å². The molecule has 0 saturated heterocycles. The second kappa shape index (κ2) is 15.6. The van der Waals surface area contributed by atoms with Gasteiger partial charge in [-0.3, -0.25) is 30.3 Å². The van der Waals surface area contributed by atoms with Gasteiger partial charge in [-0.25, -0.2) is 8.42 Å². The SMILES string of the molecule is Cc1cc(F)c([N+](=O)[O-])cc1S(=O)(=O)Cl.Cc1cc(F)c([N+](=O)[O-])cc1SSc1cc([N+](=O)[O-])c(F)cc1C.Cl.[Fe]. The van der Waals surface area contributed by atoms with Crippen molar-refractivity contribution >= 4 is 70.8 Å². The number of hydrogen-bond acceptors (Lipinski definition) is 10. The van der Waals surface area contributed by atoms with E-state index < -0.39 is 63.2 Å². The van der Waals surface area contributed by atoms with Crippen molar-refractivity contribution in [2.45, 2.75) is 35.5 Å². The molecule has 0 aliphatic rings. The maximum atomic E-state index is 13.5. The molecule has 0 aromatic heterocycles. The van der Waals surface area contributed by atoms with E-state index in [0.717, 1.165) is 51.9 Å². The zero-order chi connectivity index (χ0) is 29.8. The first-order chi connectivity index (χ1) is 17.9. The first kappa shape index (κ1) is 38.4. The first-order valence-corrected chi connectivity index (χ1v) is 14.5. The van der Waals surface area contributed by atoms with Crippen molar-refractivity contribution in [3.05, 3.63) is 101 Å². The third kappa shape index (κ3) is 10.0. The Morgan fingerprint density at radius 1 is 0.659 bits per heavy atom. The molecule has 20 heteroatoms. The summed E-state index contributed by atoms with van der Waals surface area (Å²) >= 11 is 0. The second-order valence-corrected chi connectivity index (χ2v) is 12.3. The Kier molecular flexibility index (Phi) is 14.6. The molecule has 0 radical (unpaired) electrons. The molecule has 11 nitrogen and oxygen atoms in total. The van der Waals surface area contributed by atoms with Crippen molar-refractivity contribution in [2.24, 2.45) is 0 Å². The van der Waals surface area contributed by atoms with Crippen LogP contribution < -0.4 is 0 Å². The average molecular weight is 718 g/mol. The number of nitro groups is 3. The molecule has 0 N–H and O–H groups in total. The Hall–Kier alpha value is -2.60. The largest absolute Gasteiger partial charge is 0.306 e. The zero-order valence-corrected chi connectivity index (χ0v) is 25.7. The molecule has 0 unspecified atom stereocenters. The molecule has 3 rings (SSSR count). The van der Waals surface area contributed by atoms with Crippen LogP contribution in [0.25, 0.3) is 0 Å². The van der Waals surface area contributed by atoms with Crippen LogP contribution in [0.5, 0.6) is 0 Å². The number of aryl methyl sites for hydroxylation is 3. The van der Waals surface area contributed by atoms with Gasteiger partial charge in [-0.15, -0.1) is 12.4 Å². The summed E-state index contributed by atoms with van der Waals surface area (Å²) < 4.78 is 62.0. The summed E-state index contributed by atoms with van der Waals surface area (Å²) in [5, 5.41) is 31.9. The molecule has 0 atom stereocenters. The van der Waals surface area contributed by atoms with E-state index in [9.17, 15) is 51.9 Å². The molecule has 3 aromatic rings. The Morgan fingerprint density at radius 3 is 1.24 bits per heavy atom. The predicted octanol–water partition coefficient (Wildman–Crippen LogP) is 7.59. The van der Waals surface area contributed by atoms with Crippen LogP contribution >= 0.6 is 44.7 Å². The molecule has 0 aliphatic carbocycles. The van der Waals surface area contributed by atoms with E-state index in [2.05, 4.69) is 0 Å². The maximum Gasteiger partial charge on any atom is 0.306 e. The van der Waals surface area contributed by atoms with Gasteiger partial charge in [0.25, 0.3) is 9.05 Å². The first-order valence-electron chi connectivity index (χ1n) is 10.1. The van der Waals surface area contributed by atoms with Gasteiger partial charge in [0, 0.05) is 55.7 Å². The van der Waals surface area contributed by atoms with Crippen LogP contribution in [0.15, 0.2) is 51.1 Å². The molecule has 0 saturated carbocycles. The summed E-state index contributed by atoms with van der Waals surface area (Å²) in [7, 11) is 3.08. The summed E-state index contributed by atoms with van der Waals surface area (Å²) in [5.41, 5.74) is -1.21. The van der Waals surface area contributed by atoms with Crippen molar-refractivity contribution in [1.82, 2.24) is 0 Å². The zero-order valence-electron chi connectivity index (χ0n) is 20.6. The predicted molar refractivity (Wildman–Crippen MR) is 145 cm³/mol. The molecule has 3 aromatic carbocycles. The molecule has 224 valence electrons. The van der Waals surface area contributed by atoms with Crippen LogP contribution in [0.1, 0.15) is 16.7 Å². The molecule has 41 heavy (non-hydrogen) atoms. The molecule has 0 spiro atoms. The quantitative estimate of drug-likeness (QED) is 0.0782. The summed E-state index contributed by atoms with van der Waals surface area (Å²) in [6.07, 6.45) is 0. The van der Waals surface area contributed by atoms with E-state index in [1.54, 1.807) is 13.8 Å². The summed E-state index contributed by atoms with van der Waals surface area (Å²) in [6, 6.07) is 5.69. The van der Waals surface area contributed by atoms with Gasteiger partial charge in [0.1, 0.15) is 0 Å². The van der Waals surface area contributed by atoms with Gasteiger partial charge in [-0.1, -0.05) is 21.6 Å². The van der Waals surface area contributed by atoms with Gasteiger partial charge >= 0.3 is 17.1 Å². The number of halogens is 5. The van der Waals surface area contributed by atoms with Crippen LogP contribution in [0, 0.1) is 68.6 Å². The minimum Gasteiger partial charge on any atom is -0.258 e. The molecular formula is C21H16Cl2F3FeN3O8S3. The molecule has 0 fully saturated rings. The third-order valence-corrected chi connectivity index (χ3v) is 8.92. The van der Waals surface area contributed by atoms with E-state index in [1.165, 1.54) is 6.92 Å². The van der Waals surface area contributed by atoms with Crippen LogP contribution in [0.4, 0.5) is 30.2 Å². The maximum absolute atomic E-state index is 13.5. The third-order valence-electron chi connectivity index (χ3n) is 4.81. The number of rotatable bonds is 7. The van der Waals surface area contributed by atoms with Gasteiger partial charge in [0.2, 0.25) is 17.5 Å². The normalized spacial score (nSPS) is 10.4. The molecule has 0 heterocycles. The fourth-order valence-corrected chi connectivity index (χ4v) is 6.57. The van der Waals surface area contributed by atoms with Crippen LogP contribution in [0.3, 0.4) is 0 Å². The summed E-state index contributed by atoms with van der Waals surface area (Å²) in [6.45, 7) is 4.48. The van der Waals surface area contributed by atoms with Crippen LogP contribution in [0.2, 0.25) is 0 Å². The Morgan fingerprint density at radius 2 is 0.951 bits per heavy atom. The molecule has 0 aliphatic heterocycles. The van der Waals surface area contributed by atoms with E-state index in [0.29, 0.717) is 27.0 Å². The van der Waals surface area contributed by atoms with Gasteiger partial charge in [-0.05, 0) is 55.7 Å². The minimum absolute atomic E-state index is 0. The number of nitro benzene ring substituents is 3. The van der Waals surface area contributed by atoms with E-state index in [-0.39, 0.29) is 35.0 Å². The van der Waals surface area contributed by atoms with Gasteiger partial charge in [-0.2, -0.15) is 13.2 Å². The standard InChI is InChI=1S/C14H10F2N2O4S2.C7H5ClFNO4S.ClH.Fe/c1-7-3-9(15)11(17(19)20)5-13(7)23-24-14-6-12(18(21)22)10(16)4-8(14)2;1-4-2-5(9)6(10(11)12)3-7(4)15(8,13)14;;/h3-6H,1-2H3;2-3H,1H3;1H;. The van der Waals surface area contributed by atoms with Crippen molar-refractivity contribution in [3.63, 3.8) is 0 Å². The Bertz CT molecular complexity index is 1550. The number of hydrogen-bond donors (Lipinski definition) is 0. The Labute approximate surface area is 259 Å². The molecule has 0 bridgehead atoms. The fraction of sp³-hybridized carbons (Fsp3) is 0.143. The smallest absolute Gasteiger partial charge is 0.258 e. The number of benzene rings is 3. The minimum atomic E-state index is -4.11. The van der Waals surface area contributed by atoms with Crippen LogP contribution in [-0.2, 0) is 26.1 Å². The van der Waals surface area contributed by atoms with Gasteiger partial charge in [0.15, 0.2) is 0 Å². The Balaban J connectivity index is 0.000000819. The summed E-state index contributed by atoms with van der Waals surface area (Å²) in [5.74, 6) is -2.96. The van der Waals surface area contributed by atoms with Gasteiger partial charge < -0.3 is 0 Å². The fourth-order valence-electron chi connectivity index (χ4n) is 2.88. The van der Waals surface area contributed by atoms with E-state index in [1.807, 2.05) is 0 Å². The van der Waals surface area contributed by atoms with Crippen molar-refractivity contribution in [1.29, 1.82) is 0 Å². The van der Waals surface area contributed by atoms with Crippen molar-refractivity contribution in [2.75, 3.05) is 0 Å². The van der Waals surface area contributed by atoms with Crippen molar-refractivity contribution in [3.8, 4) is 0 Å².